The molecule has 1 aliphatic carbocycles. The Labute approximate surface area is 112 Å². The number of carbonyl (C=O) groups excluding carboxylic acids is 2. The van der Waals surface area contributed by atoms with Crippen LogP contribution in [0.3, 0.4) is 0 Å². The Bertz CT molecular complexity index is 351. The lowest BCUT2D eigenvalue weighted by Crippen LogP contribution is -2.56. The van der Waals surface area contributed by atoms with Gasteiger partial charge in [0.15, 0.2) is 0 Å². The lowest BCUT2D eigenvalue weighted by molar-refractivity contribution is -0.143. The molecule has 1 fully saturated rings. The molecule has 1 aliphatic rings. The number of esters is 1. The highest BCUT2D eigenvalue weighted by Crippen LogP contribution is 2.45. The third kappa shape index (κ3) is 3.19. The second kappa shape index (κ2) is 6.13. The van der Waals surface area contributed by atoms with E-state index in [2.05, 4.69) is 12.2 Å². The fourth-order valence-electron chi connectivity index (χ4n) is 2.31. The Morgan fingerprint density at radius 1 is 1.50 bits per heavy atom. The molecule has 0 unspecified atom stereocenters. The van der Waals surface area contributed by atoms with Crippen molar-refractivity contribution in [3.63, 3.8) is 0 Å². The maximum Gasteiger partial charge on any atom is 0.307 e. The van der Waals surface area contributed by atoms with E-state index in [1.54, 1.807) is 6.92 Å². The van der Waals surface area contributed by atoms with Crippen molar-refractivity contribution in [2.75, 3.05) is 13.2 Å². The number of ether oxygens (including phenoxy) is 1. The number of rotatable bonds is 6. The molecule has 0 radical (unpaired) electrons. The van der Waals surface area contributed by atoms with E-state index in [9.17, 15) is 9.59 Å². The average Bonchev–Trinajstić information content (AvgIpc) is 2.24. The summed E-state index contributed by atoms with van der Waals surface area (Å²) in [5.41, 5.74) is 4.95. The van der Waals surface area contributed by atoms with Gasteiger partial charge in [-0.15, -0.1) is 0 Å². The third-order valence-corrected chi connectivity index (χ3v) is 3.61. The molecular weight excluding hydrogens is 252 g/mol. The molecule has 0 spiro atoms. The summed E-state index contributed by atoms with van der Waals surface area (Å²) in [4.78, 5) is 23.4. The molecule has 3 N–H and O–H groups in total. The zero-order valence-corrected chi connectivity index (χ0v) is 11.6. The van der Waals surface area contributed by atoms with Gasteiger partial charge >= 0.3 is 5.97 Å². The first-order valence-corrected chi connectivity index (χ1v) is 6.57. The van der Waals surface area contributed by atoms with E-state index in [0.717, 1.165) is 0 Å². The molecule has 6 heteroatoms. The summed E-state index contributed by atoms with van der Waals surface area (Å²) in [5.74, 6) is -0.0242. The zero-order valence-electron chi connectivity index (χ0n) is 10.8. The van der Waals surface area contributed by atoms with Crippen molar-refractivity contribution >= 4 is 29.1 Å². The monoisotopic (exact) mass is 272 g/mol. The molecule has 0 aliphatic heterocycles. The smallest absolute Gasteiger partial charge is 0.307 e. The Kier molecular flexibility index (Phi) is 5.07. The fourth-order valence-corrected chi connectivity index (χ4v) is 2.57. The molecule has 0 bridgehead atoms. The van der Waals surface area contributed by atoms with Crippen LogP contribution < -0.4 is 11.1 Å². The summed E-state index contributed by atoms with van der Waals surface area (Å²) in [6.45, 7) is 4.41. The quantitative estimate of drug-likeness (QED) is 0.551. The highest BCUT2D eigenvalue weighted by atomic mass is 32.1. The van der Waals surface area contributed by atoms with Crippen molar-refractivity contribution in [2.24, 2.45) is 17.1 Å². The molecule has 1 rings (SSSR count). The van der Waals surface area contributed by atoms with Gasteiger partial charge in [-0.05, 0) is 25.7 Å². The zero-order chi connectivity index (χ0) is 13.8. The first-order chi connectivity index (χ1) is 8.42. The molecule has 0 saturated heterocycles. The van der Waals surface area contributed by atoms with Crippen LogP contribution in [0.25, 0.3) is 0 Å². The van der Waals surface area contributed by atoms with Crippen LogP contribution in [0.5, 0.6) is 0 Å². The van der Waals surface area contributed by atoms with E-state index in [1.807, 2.05) is 0 Å². The summed E-state index contributed by atoms with van der Waals surface area (Å²) in [7, 11) is 0. The molecule has 0 aromatic heterocycles. The van der Waals surface area contributed by atoms with Crippen molar-refractivity contribution in [3.8, 4) is 0 Å². The van der Waals surface area contributed by atoms with E-state index in [0.29, 0.717) is 25.4 Å². The Balaban J connectivity index is 2.40. The SMILES string of the molecule is CCOC(=O)CCNC(=O)C1(C(N)=S)CC(C)C1. The molecule has 0 aromatic carbocycles. The van der Waals surface area contributed by atoms with E-state index in [-0.39, 0.29) is 29.8 Å². The highest BCUT2D eigenvalue weighted by molar-refractivity contribution is 7.80. The van der Waals surface area contributed by atoms with Gasteiger partial charge in [0, 0.05) is 6.54 Å². The number of nitrogens with one attached hydrogen (secondary N) is 1. The van der Waals surface area contributed by atoms with Gasteiger partial charge in [0.2, 0.25) is 5.91 Å². The number of hydrogen-bond donors (Lipinski definition) is 2. The Morgan fingerprint density at radius 2 is 2.11 bits per heavy atom. The average molecular weight is 272 g/mol. The van der Waals surface area contributed by atoms with Crippen molar-refractivity contribution in [1.82, 2.24) is 5.32 Å². The predicted molar refractivity (Wildman–Crippen MR) is 71.9 cm³/mol. The summed E-state index contributed by atoms with van der Waals surface area (Å²) in [6, 6.07) is 0. The van der Waals surface area contributed by atoms with Gasteiger partial charge < -0.3 is 15.8 Å². The summed E-state index contributed by atoms with van der Waals surface area (Å²) < 4.78 is 4.77. The second-order valence-corrected chi connectivity index (χ2v) is 5.21. The Hall–Kier alpha value is -1.17. The van der Waals surface area contributed by atoms with Crippen LogP contribution in [-0.4, -0.2) is 30.0 Å². The van der Waals surface area contributed by atoms with Gasteiger partial charge in [0.1, 0.15) is 0 Å². The van der Waals surface area contributed by atoms with Gasteiger partial charge in [-0.3, -0.25) is 9.59 Å². The van der Waals surface area contributed by atoms with Crippen molar-refractivity contribution in [2.45, 2.75) is 33.1 Å². The van der Waals surface area contributed by atoms with Crippen molar-refractivity contribution < 1.29 is 14.3 Å². The van der Waals surface area contributed by atoms with E-state index in [4.69, 9.17) is 22.7 Å². The summed E-state index contributed by atoms with van der Waals surface area (Å²) >= 11 is 4.98. The number of carbonyl (C=O) groups is 2. The molecular formula is C12H20N2O3S. The molecule has 0 heterocycles. The van der Waals surface area contributed by atoms with Gasteiger partial charge in [-0.25, -0.2) is 0 Å². The molecule has 1 saturated carbocycles. The van der Waals surface area contributed by atoms with E-state index >= 15 is 0 Å². The van der Waals surface area contributed by atoms with Crippen LogP contribution in [0.4, 0.5) is 0 Å². The number of nitrogens with two attached hydrogens (primary N) is 1. The van der Waals surface area contributed by atoms with Crippen LogP contribution in [0.2, 0.25) is 0 Å². The van der Waals surface area contributed by atoms with Crippen LogP contribution >= 0.6 is 12.2 Å². The number of amides is 1. The fraction of sp³-hybridized carbons (Fsp3) is 0.750. The molecule has 1 amide bonds. The lowest BCUT2D eigenvalue weighted by atomic mass is 9.62. The van der Waals surface area contributed by atoms with Crippen molar-refractivity contribution in [1.29, 1.82) is 0 Å². The topological polar surface area (TPSA) is 81.4 Å². The summed E-state index contributed by atoms with van der Waals surface area (Å²) in [5, 5.41) is 2.71. The van der Waals surface area contributed by atoms with Gasteiger partial charge in [-0.1, -0.05) is 19.1 Å². The number of thiocarbonyl (C=S) groups is 1. The largest absolute Gasteiger partial charge is 0.466 e. The highest BCUT2D eigenvalue weighted by Gasteiger charge is 2.50. The van der Waals surface area contributed by atoms with Crippen LogP contribution in [0.15, 0.2) is 0 Å². The first-order valence-electron chi connectivity index (χ1n) is 6.16. The first kappa shape index (κ1) is 14.9. The maximum atomic E-state index is 12.0. The molecule has 0 atom stereocenters. The Morgan fingerprint density at radius 3 is 2.56 bits per heavy atom. The second-order valence-electron chi connectivity index (χ2n) is 4.77. The summed E-state index contributed by atoms with van der Waals surface area (Å²) in [6.07, 6.45) is 1.55. The minimum atomic E-state index is -0.705. The van der Waals surface area contributed by atoms with Crippen LogP contribution in [0.1, 0.15) is 33.1 Å². The lowest BCUT2D eigenvalue weighted by Gasteiger charge is -2.44. The minimum Gasteiger partial charge on any atom is -0.466 e. The molecule has 102 valence electrons. The number of hydrogen-bond acceptors (Lipinski definition) is 4. The van der Waals surface area contributed by atoms with Gasteiger partial charge in [0.25, 0.3) is 0 Å². The minimum absolute atomic E-state index is 0.169. The van der Waals surface area contributed by atoms with Gasteiger partial charge in [0.05, 0.1) is 23.4 Å². The molecule has 18 heavy (non-hydrogen) atoms. The third-order valence-electron chi connectivity index (χ3n) is 3.22. The normalized spacial score (nSPS) is 26.0. The van der Waals surface area contributed by atoms with Crippen LogP contribution in [0, 0.1) is 11.3 Å². The van der Waals surface area contributed by atoms with E-state index in [1.165, 1.54) is 0 Å². The molecule has 0 aromatic rings. The van der Waals surface area contributed by atoms with Crippen LogP contribution in [-0.2, 0) is 14.3 Å². The van der Waals surface area contributed by atoms with E-state index < -0.39 is 5.41 Å². The molecule has 5 nitrogen and oxygen atoms in total. The van der Waals surface area contributed by atoms with Crippen molar-refractivity contribution in [3.05, 3.63) is 0 Å². The maximum absolute atomic E-state index is 12.0. The standard InChI is InChI=1S/C12H20N2O3S/c1-3-17-9(15)4-5-14-11(16)12(10(13)18)6-8(2)7-12/h8H,3-7H2,1-2H3,(H2,13,18)(H,14,16). The van der Waals surface area contributed by atoms with Gasteiger partial charge in [-0.2, -0.15) is 0 Å². The predicted octanol–water partition coefficient (Wildman–Crippen LogP) is 0.758.